The van der Waals surface area contributed by atoms with Gasteiger partial charge in [-0.05, 0) is 17.0 Å². The van der Waals surface area contributed by atoms with Crippen LogP contribution in [-0.4, -0.2) is 10.8 Å². The Balaban J connectivity index is 2.61. The fourth-order valence-electron chi connectivity index (χ4n) is 1.77. The molecule has 2 aromatic rings. The molecule has 0 aromatic heterocycles. The molecular formula is C12H10N2O3. The Morgan fingerprint density at radius 2 is 2.06 bits per heavy atom. The third kappa shape index (κ3) is 2.23. The molecule has 0 aliphatic heterocycles. The predicted octanol–water partition coefficient (Wildman–Crippen LogP) is 1.78. The van der Waals surface area contributed by atoms with Crippen LogP contribution in [0, 0.1) is 10.1 Å². The first kappa shape index (κ1) is 11.1. The van der Waals surface area contributed by atoms with Crippen LogP contribution in [0.3, 0.4) is 0 Å². The normalized spacial score (nSPS) is 10.4. The largest absolute Gasteiger partial charge is 0.369 e. The molecule has 0 radical (unpaired) electrons. The molecule has 0 bridgehead atoms. The lowest BCUT2D eigenvalue weighted by molar-refractivity contribution is -0.383. The third-order valence-electron chi connectivity index (χ3n) is 2.50. The molecule has 86 valence electrons. The summed E-state index contributed by atoms with van der Waals surface area (Å²) in [5, 5.41) is 12.2. The van der Waals surface area contributed by atoms with Crippen LogP contribution >= 0.6 is 0 Å². The van der Waals surface area contributed by atoms with Gasteiger partial charge >= 0.3 is 0 Å². The van der Waals surface area contributed by atoms with Crippen molar-refractivity contribution >= 4 is 22.4 Å². The maximum atomic E-state index is 10.9. The molecule has 5 heteroatoms. The van der Waals surface area contributed by atoms with Crippen molar-refractivity contribution in [2.24, 2.45) is 5.73 Å². The fourth-order valence-corrected chi connectivity index (χ4v) is 1.77. The first-order valence-corrected chi connectivity index (χ1v) is 5.02. The Morgan fingerprint density at radius 3 is 2.71 bits per heavy atom. The number of amides is 1. The maximum absolute atomic E-state index is 10.9. The Bertz CT molecular complexity index is 608. The fraction of sp³-hybridized carbons (Fsp3) is 0.0833. The van der Waals surface area contributed by atoms with Gasteiger partial charge in [-0.1, -0.05) is 24.3 Å². The number of non-ortho nitro benzene ring substituents is 1. The van der Waals surface area contributed by atoms with Crippen LogP contribution in [0.1, 0.15) is 5.56 Å². The summed E-state index contributed by atoms with van der Waals surface area (Å²) in [6.07, 6.45) is 0.0853. The molecule has 2 aromatic carbocycles. The highest BCUT2D eigenvalue weighted by atomic mass is 16.6. The SMILES string of the molecule is NC(=O)Cc1ccc2cccc([N+](=O)[O-])c2c1. The molecule has 0 saturated heterocycles. The molecule has 0 heterocycles. The average Bonchev–Trinajstić information content (AvgIpc) is 2.27. The van der Waals surface area contributed by atoms with Crippen LogP contribution in [0.4, 0.5) is 5.69 Å². The molecule has 5 nitrogen and oxygen atoms in total. The molecule has 17 heavy (non-hydrogen) atoms. The summed E-state index contributed by atoms with van der Waals surface area (Å²) >= 11 is 0. The molecule has 2 N–H and O–H groups in total. The zero-order valence-electron chi connectivity index (χ0n) is 8.92. The Hall–Kier alpha value is -2.43. The molecule has 0 spiro atoms. The number of nitrogens with zero attached hydrogens (tertiary/aromatic N) is 1. The van der Waals surface area contributed by atoms with Crippen LogP contribution in [-0.2, 0) is 11.2 Å². The molecule has 0 aliphatic rings. The molecule has 2 rings (SSSR count). The van der Waals surface area contributed by atoms with Gasteiger partial charge in [-0.25, -0.2) is 0 Å². The average molecular weight is 230 g/mol. The van der Waals surface area contributed by atoms with E-state index in [1.165, 1.54) is 6.07 Å². The number of rotatable bonds is 3. The van der Waals surface area contributed by atoms with Gasteiger partial charge in [0, 0.05) is 6.07 Å². The van der Waals surface area contributed by atoms with E-state index in [4.69, 9.17) is 5.73 Å². The quantitative estimate of drug-likeness (QED) is 0.644. The van der Waals surface area contributed by atoms with E-state index in [2.05, 4.69) is 0 Å². The van der Waals surface area contributed by atoms with E-state index in [9.17, 15) is 14.9 Å². The van der Waals surface area contributed by atoms with Gasteiger partial charge in [-0.3, -0.25) is 14.9 Å². The number of nitro benzene ring substituents is 1. The number of nitrogens with two attached hydrogens (primary N) is 1. The number of hydrogen-bond donors (Lipinski definition) is 1. The molecular weight excluding hydrogens is 220 g/mol. The van der Waals surface area contributed by atoms with Crippen molar-refractivity contribution in [1.82, 2.24) is 0 Å². The highest BCUT2D eigenvalue weighted by molar-refractivity contribution is 5.92. The number of carbonyl (C=O) groups is 1. The summed E-state index contributed by atoms with van der Waals surface area (Å²) < 4.78 is 0. The minimum atomic E-state index is -0.456. The summed E-state index contributed by atoms with van der Waals surface area (Å²) in [6.45, 7) is 0. The summed E-state index contributed by atoms with van der Waals surface area (Å²) in [5.74, 6) is -0.456. The van der Waals surface area contributed by atoms with E-state index in [1.807, 2.05) is 0 Å². The zero-order valence-corrected chi connectivity index (χ0v) is 8.92. The van der Waals surface area contributed by atoms with E-state index < -0.39 is 10.8 Å². The van der Waals surface area contributed by atoms with Crippen molar-refractivity contribution in [2.45, 2.75) is 6.42 Å². The van der Waals surface area contributed by atoms with Gasteiger partial charge in [0.25, 0.3) is 5.69 Å². The number of hydrogen-bond acceptors (Lipinski definition) is 3. The van der Waals surface area contributed by atoms with Gasteiger partial charge in [-0.15, -0.1) is 0 Å². The predicted molar refractivity (Wildman–Crippen MR) is 63.5 cm³/mol. The lowest BCUT2D eigenvalue weighted by Gasteiger charge is -2.02. The maximum Gasteiger partial charge on any atom is 0.277 e. The highest BCUT2D eigenvalue weighted by Crippen LogP contribution is 2.26. The number of benzene rings is 2. The highest BCUT2D eigenvalue weighted by Gasteiger charge is 2.11. The van der Waals surface area contributed by atoms with Gasteiger partial charge in [0.05, 0.1) is 16.7 Å². The number of nitro groups is 1. The molecule has 1 amide bonds. The van der Waals surface area contributed by atoms with Crippen LogP contribution < -0.4 is 5.73 Å². The van der Waals surface area contributed by atoms with Gasteiger partial charge < -0.3 is 5.73 Å². The summed E-state index contributed by atoms with van der Waals surface area (Å²) in [4.78, 5) is 21.2. The minimum Gasteiger partial charge on any atom is -0.369 e. The van der Waals surface area contributed by atoms with E-state index in [1.54, 1.807) is 30.3 Å². The van der Waals surface area contributed by atoms with E-state index in [0.29, 0.717) is 10.9 Å². The van der Waals surface area contributed by atoms with Crippen LogP contribution in [0.2, 0.25) is 0 Å². The van der Waals surface area contributed by atoms with Crippen molar-refractivity contribution in [2.75, 3.05) is 0 Å². The first-order valence-electron chi connectivity index (χ1n) is 5.02. The second-order valence-electron chi connectivity index (χ2n) is 3.73. The van der Waals surface area contributed by atoms with Crippen molar-refractivity contribution in [3.8, 4) is 0 Å². The second kappa shape index (κ2) is 4.21. The lowest BCUT2D eigenvalue weighted by Crippen LogP contribution is -2.13. The van der Waals surface area contributed by atoms with Gasteiger partial charge in [0.2, 0.25) is 5.91 Å². The minimum absolute atomic E-state index is 0.0359. The van der Waals surface area contributed by atoms with E-state index in [-0.39, 0.29) is 12.1 Å². The summed E-state index contributed by atoms with van der Waals surface area (Å²) in [7, 11) is 0. The van der Waals surface area contributed by atoms with Gasteiger partial charge in [-0.2, -0.15) is 0 Å². The van der Waals surface area contributed by atoms with Crippen LogP contribution in [0.25, 0.3) is 10.8 Å². The molecule has 0 atom stereocenters. The van der Waals surface area contributed by atoms with Crippen molar-refractivity contribution < 1.29 is 9.72 Å². The monoisotopic (exact) mass is 230 g/mol. The summed E-state index contributed by atoms with van der Waals surface area (Å²) in [6, 6.07) is 10.00. The Kier molecular flexibility index (Phi) is 2.74. The second-order valence-corrected chi connectivity index (χ2v) is 3.73. The van der Waals surface area contributed by atoms with Crippen molar-refractivity contribution in [1.29, 1.82) is 0 Å². The van der Waals surface area contributed by atoms with Crippen molar-refractivity contribution in [3.05, 3.63) is 52.1 Å². The standard InChI is InChI=1S/C12H10N2O3/c13-12(15)7-8-4-5-9-2-1-3-11(14(16)17)10(9)6-8/h1-6H,7H2,(H2,13,15). The molecule has 0 saturated carbocycles. The number of carbonyl (C=O) groups excluding carboxylic acids is 1. The Labute approximate surface area is 97.0 Å². The number of fused-ring (bicyclic) bond motifs is 1. The third-order valence-corrected chi connectivity index (χ3v) is 2.50. The molecule has 0 aliphatic carbocycles. The Morgan fingerprint density at radius 1 is 1.29 bits per heavy atom. The molecule has 0 fully saturated rings. The van der Waals surface area contributed by atoms with Gasteiger partial charge in [0.1, 0.15) is 0 Å². The molecule has 0 unspecified atom stereocenters. The lowest BCUT2D eigenvalue weighted by atomic mass is 10.0. The topological polar surface area (TPSA) is 86.2 Å². The first-order chi connectivity index (χ1) is 8.08. The van der Waals surface area contributed by atoms with Crippen LogP contribution in [0.5, 0.6) is 0 Å². The van der Waals surface area contributed by atoms with E-state index >= 15 is 0 Å². The smallest absolute Gasteiger partial charge is 0.277 e. The van der Waals surface area contributed by atoms with Crippen molar-refractivity contribution in [3.63, 3.8) is 0 Å². The zero-order chi connectivity index (χ0) is 12.4. The van der Waals surface area contributed by atoms with E-state index in [0.717, 1.165) is 5.39 Å². The number of primary amides is 1. The van der Waals surface area contributed by atoms with Crippen LogP contribution in [0.15, 0.2) is 36.4 Å². The summed E-state index contributed by atoms with van der Waals surface area (Å²) in [5.41, 5.74) is 5.81. The van der Waals surface area contributed by atoms with Gasteiger partial charge in [0.15, 0.2) is 0 Å².